The molecule has 2 aromatic rings. The predicted octanol–water partition coefficient (Wildman–Crippen LogP) is 7.53. The fourth-order valence-electron chi connectivity index (χ4n) is 3.50. The molecule has 0 radical (unpaired) electrons. The molecule has 0 bridgehead atoms. The van der Waals surface area contributed by atoms with Crippen LogP contribution in [0, 0.1) is 0 Å². The van der Waals surface area contributed by atoms with E-state index in [4.69, 9.17) is 32.7 Å². The Morgan fingerprint density at radius 3 is 2.18 bits per heavy atom. The third kappa shape index (κ3) is 9.07. The second kappa shape index (κ2) is 15.5. The molecule has 1 N–H and O–H groups in total. The van der Waals surface area contributed by atoms with Gasteiger partial charge in [-0.2, -0.15) is 0 Å². The fourth-order valence-corrected chi connectivity index (χ4v) is 4.08. The smallest absolute Gasteiger partial charge is 0.358 e. The van der Waals surface area contributed by atoms with Gasteiger partial charge in [-0.25, -0.2) is 4.79 Å². The summed E-state index contributed by atoms with van der Waals surface area (Å²) in [6, 6.07) is 10.2. The highest BCUT2D eigenvalue weighted by Crippen LogP contribution is 2.37. The van der Waals surface area contributed by atoms with Crippen LogP contribution in [0.5, 0.6) is 11.5 Å². The van der Waals surface area contributed by atoms with Gasteiger partial charge in [0.05, 0.1) is 16.7 Å². The number of halogens is 2. The first-order chi connectivity index (χ1) is 16.5. The van der Waals surface area contributed by atoms with Crippen molar-refractivity contribution in [2.45, 2.75) is 64.9 Å². The van der Waals surface area contributed by atoms with Crippen molar-refractivity contribution in [3.63, 3.8) is 0 Å². The van der Waals surface area contributed by atoms with E-state index in [-0.39, 0.29) is 12.3 Å². The van der Waals surface area contributed by atoms with Crippen molar-refractivity contribution in [2.24, 2.45) is 5.16 Å². The summed E-state index contributed by atoms with van der Waals surface area (Å²) in [5, 5.41) is 13.8. The van der Waals surface area contributed by atoms with Crippen LogP contribution >= 0.6 is 23.2 Å². The molecule has 0 spiro atoms. The van der Waals surface area contributed by atoms with Crippen molar-refractivity contribution in [3.8, 4) is 11.5 Å². The van der Waals surface area contributed by atoms with Crippen LogP contribution in [0.3, 0.4) is 0 Å². The van der Waals surface area contributed by atoms with Crippen LogP contribution in [0.4, 0.5) is 0 Å². The minimum absolute atomic E-state index is 0.0945. The van der Waals surface area contributed by atoms with Crippen molar-refractivity contribution in [1.82, 2.24) is 0 Å². The lowest BCUT2D eigenvalue weighted by Gasteiger charge is -2.14. The molecule has 0 fully saturated rings. The molecular formula is C26H33Cl2NO5. The number of hydrogen-bond acceptors (Lipinski definition) is 5. The quantitative estimate of drug-likeness (QED) is 0.144. The van der Waals surface area contributed by atoms with Crippen LogP contribution in [0.2, 0.25) is 10.0 Å². The average Bonchev–Trinajstić information content (AvgIpc) is 2.81. The molecular weight excluding hydrogens is 477 g/mol. The Bertz CT molecular complexity index is 926. The highest BCUT2D eigenvalue weighted by Gasteiger charge is 2.18. The number of carbonyl (C=O) groups is 1. The molecule has 0 saturated heterocycles. The Hall–Kier alpha value is -2.44. The minimum Gasteiger partial charge on any atom is -0.490 e. The van der Waals surface area contributed by atoms with Crippen molar-refractivity contribution >= 4 is 34.9 Å². The van der Waals surface area contributed by atoms with Crippen LogP contribution in [0.1, 0.15) is 69.4 Å². The van der Waals surface area contributed by atoms with Crippen molar-refractivity contribution in [3.05, 3.63) is 57.6 Å². The molecule has 0 aliphatic rings. The molecule has 8 heteroatoms. The Labute approximate surface area is 211 Å². The average molecular weight is 510 g/mol. The summed E-state index contributed by atoms with van der Waals surface area (Å²) >= 11 is 12.8. The molecule has 0 aromatic heterocycles. The molecule has 0 aliphatic carbocycles. The molecule has 0 amide bonds. The highest BCUT2D eigenvalue weighted by atomic mass is 35.5. The van der Waals surface area contributed by atoms with Gasteiger partial charge >= 0.3 is 5.97 Å². The van der Waals surface area contributed by atoms with Gasteiger partial charge in [0.25, 0.3) is 0 Å². The highest BCUT2D eigenvalue weighted by molar-refractivity contribution is 6.42. The zero-order valence-corrected chi connectivity index (χ0v) is 21.3. The number of rotatable bonds is 16. The number of carboxylic acid groups (broad SMARTS) is 1. The number of aliphatic carboxylic acids is 1. The second-order valence-electron chi connectivity index (χ2n) is 7.91. The first-order valence-corrected chi connectivity index (χ1v) is 12.4. The molecule has 2 rings (SSSR count). The molecule has 0 saturated carbocycles. The molecule has 0 heterocycles. The molecule has 0 aliphatic heterocycles. The van der Waals surface area contributed by atoms with E-state index in [9.17, 15) is 9.90 Å². The van der Waals surface area contributed by atoms with E-state index >= 15 is 0 Å². The van der Waals surface area contributed by atoms with Gasteiger partial charge < -0.3 is 19.4 Å². The van der Waals surface area contributed by atoms with Crippen LogP contribution in [0.15, 0.2) is 41.6 Å². The van der Waals surface area contributed by atoms with Crippen molar-refractivity contribution < 1.29 is 24.2 Å². The summed E-state index contributed by atoms with van der Waals surface area (Å²) in [4.78, 5) is 16.2. The summed E-state index contributed by atoms with van der Waals surface area (Å²) in [6.45, 7) is 2.87. The van der Waals surface area contributed by atoms with E-state index in [0.717, 1.165) is 12.8 Å². The largest absolute Gasteiger partial charge is 0.490 e. The van der Waals surface area contributed by atoms with Crippen LogP contribution in [-0.4, -0.2) is 30.5 Å². The first-order valence-electron chi connectivity index (χ1n) is 11.6. The maximum Gasteiger partial charge on any atom is 0.358 e. The maximum atomic E-state index is 11.5. The molecule has 34 heavy (non-hydrogen) atoms. The maximum absolute atomic E-state index is 11.5. The van der Waals surface area contributed by atoms with Crippen LogP contribution in [-0.2, 0) is 16.2 Å². The normalized spacial score (nSPS) is 11.4. The lowest BCUT2D eigenvalue weighted by molar-refractivity contribution is -0.129. The molecule has 6 nitrogen and oxygen atoms in total. The zero-order chi connectivity index (χ0) is 24.8. The number of carboxylic acids is 1. The SMILES string of the molecule is CCCCCCCCCCOc1c(Cl)cc(OCc2ccccc2C(=NOC)C(=O)O)cc1Cl. The standard InChI is InChI=1S/C26H33Cl2NO5/c1-3-4-5-6-7-8-9-12-15-33-25-22(27)16-20(17-23(25)28)34-18-19-13-10-11-14-21(19)24(26(30)31)29-32-2/h10-11,13-14,16-17H,3-9,12,15,18H2,1-2H3,(H,30,31). The minimum atomic E-state index is -1.20. The van der Waals surface area contributed by atoms with Gasteiger partial charge in [-0.3, -0.25) is 0 Å². The lowest BCUT2D eigenvalue weighted by atomic mass is 10.0. The third-order valence-electron chi connectivity index (χ3n) is 5.27. The first kappa shape index (κ1) is 27.8. The summed E-state index contributed by atoms with van der Waals surface area (Å²) in [5.74, 6) is -0.303. The van der Waals surface area contributed by atoms with Gasteiger partial charge in [-0.1, -0.05) is 104 Å². The molecule has 186 valence electrons. The monoisotopic (exact) mass is 509 g/mol. The number of benzene rings is 2. The Kier molecular flexibility index (Phi) is 12.6. The predicted molar refractivity (Wildman–Crippen MR) is 137 cm³/mol. The third-order valence-corrected chi connectivity index (χ3v) is 5.83. The lowest BCUT2D eigenvalue weighted by Crippen LogP contribution is -2.17. The van der Waals surface area contributed by atoms with Gasteiger partial charge in [0, 0.05) is 17.7 Å². The summed E-state index contributed by atoms with van der Waals surface area (Å²) in [6.07, 6.45) is 9.74. The van der Waals surface area contributed by atoms with Gasteiger partial charge in [0.2, 0.25) is 0 Å². The van der Waals surface area contributed by atoms with E-state index < -0.39 is 5.97 Å². The topological polar surface area (TPSA) is 77.3 Å². The van der Waals surface area contributed by atoms with Gasteiger partial charge in [0.15, 0.2) is 11.5 Å². The number of nitrogens with zero attached hydrogens (tertiary/aromatic N) is 1. The van der Waals surface area contributed by atoms with E-state index in [1.54, 1.807) is 36.4 Å². The summed E-state index contributed by atoms with van der Waals surface area (Å²) in [5.41, 5.74) is 0.824. The summed E-state index contributed by atoms with van der Waals surface area (Å²) in [7, 11) is 1.30. The van der Waals surface area contributed by atoms with Crippen LogP contribution < -0.4 is 9.47 Å². The number of hydrogen-bond donors (Lipinski definition) is 1. The Balaban J connectivity index is 1.91. The van der Waals surface area contributed by atoms with E-state index in [2.05, 4.69) is 16.9 Å². The van der Waals surface area contributed by atoms with E-state index in [1.807, 2.05) is 0 Å². The van der Waals surface area contributed by atoms with Crippen LogP contribution in [0.25, 0.3) is 0 Å². The second-order valence-corrected chi connectivity index (χ2v) is 8.73. The Morgan fingerprint density at radius 1 is 0.941 bits per heavy atom. The molecule has 2 aromatic carbocycles. The van der Waals surface area contributed by atoms with Gasteiger partial charge in [-0.15, -0.1) is 0 Å². The van der Waals surface area contributed by atoms with Crippen molar-refractivity contribution in [2.75, 3.05) is 13.7 Å². The molecule has 0 unspecified atom stereocenters. The Morgan fingerprint density at radius 2 is 1.56 bits per heavy atom. The summed E-state index contributed by atoms with van der Waals surface area (Å²) < 4.78 is 11.7. The number of oxime groups is 1. The van der Waals surface area contributed by atoms with Gasteiger partial charge in [-0.05, 0) is 12.0 Å². The van der Waals surface area contributed by atoms with E-state index in [0.29, 0.717) is 39.3 Å². The zero-order valence-electron chi connectivity index (χ0n) is 19.8. The van der Waals surface area contributed by atoms with E-state index in [1.165, 1.54) is 45.6 Å². The number of ether oxygens (including phenoxy) is 2. The fraction of sp³-hybridized carbons (Fsp3) is 0.462. The molecule has 0 atom stereocenters. The van der Waals surface area contributed by atoms with Gasteiger partial charge in [0.1, 0.15) is 19.5 Å². The number of unbranched alkanes of at least 4 members (excludes halogenated alkanes) is 7. The van der Waals surface area contributed by atoms with Crippen molar-refractivity contribution in [1.29, 1.82) is 0 Å².